The van der Waals surface area contributed by atoms with Gasteiger partial charge in [-0.2, -0.15) is 0 Å². The van der Waals surface area contributed by atoms with Gasteiger partial charge in [0, 0.05) is 5.92 Å². The molecule has 4 rings (SSSR count). The summed E-state index contributed by atoms with van der Waals surface area (Å²) in [6, 6.07) is 21.7. The van der Waals surface area contributed by atoms with Gasteiger partial charge in [0.25, 0.3) is 0 Å². The summed E-state index contributed by atoms with van der Waals surface area (Å²) in [5.74, 6) is 1.95. The summed E-state index contributed by atoms with van der Waals surface area (Å²) >= 11 is 0. The molecular weight excluding hydrogens is 264 g/mol. The Hall–Kier alpha value is -2.08. The zero-order chi connectivity index (χ0) is 14.8. The SMILES string of the molecule is C(=CC1C2CCCC2=CC1c1ccccc1)c1ccccc1. The molecule has 1 fully saturated rings. The van der Waals surface area contributed by atoms with Gasteiger partial charge in [0.15, 0.2) is 0 Å². The van der Waals surface area contributed by atoms with Crippen molar-refractivity contribution in [2.45, 2.75) is 25.2 Å². The zero-order valence-electron chi connectivity index (χ0n) is 12.9. The molecule has 0 radical (unpaired) electrons. The summed E-state index contributed by atoms with van der Waals surface area (Å²) in [7, 11) is 0. The van der Waals surface area contributed by atoms with Crippen molar-refractivity contribution < 1.29 is 0 Å². The van der Waals surface area contributed by atoms with Gasteiger partial charge in [0.05, 0.1) is 0 Å². The average Bonchev–Trinajstić information content (AvgIpc) is 3.16. The standard InChI is InChI=1S/C22H22/c1-3-8-17(9-4-1)14-15-21-20-13-7-12-19(20)16-22(21)18-10-5-2-6-11-18/h1-6,8-11,14-16,20-22H,7,12-13H2. The van der Waals surface area contributed by atoms with Crippen molar-refractivity contribution in [3.8, 4) is 0 Å². The Bertz CT molecular complexity index is 678. The monoisotopic (exact) mass is 286 g/mol. The summed E-state index contributed by atoms with van der Waals surface area (Å²) in [6.45, 7) is 0. The van der Waals surface area contributed by atoms with E-state index in [1.54, 1.807) is 5.57 Å². The van der Waals surface area contributed by atoms with Crippen LogP contribution < -0.4 is 0 Å². The minimum Gasteiger partial charge on any atom is -0.0793 e. The van der Waals surface area contributed by atoms with E-state index in [2.05, 4.69) is 78.9 Å². The Morgan fingerprint density at radius 2 is 1.59 bits per heavy atom. The van der Waals surface area contributed by atoms with Crippen LogP contribution in [0.3, 0.4) is 0 Å². The molecule has 110 valence electrons. The highest BCUT2D eigenvalue weighted by atomic mass is 14.4. The third kappa shape index (κ3) is 2.54. The second-order valence-corrected chi connectivity index (χ2v) is 6.52. The summed E-state index contributed by atoms with van der Waals surface area (Å²) in [5, 5.41) is 0. The number of hydrogen-bond acceptors (Lipinski definition) is 0. The van der Waals surface area contributed by atoms with E-state index in [4.69, 9.17) is 0 Å². The third-order valence-electron chi connectivity index (χ3n) is 5.22. The Labute approximate surface area is 133 Å². The van der Waals surface area contributed by atoms with Crippen molar-refractivity contribution in [1.29, 1.82) is 0 Å². The van der Waals surface area contributed by atoms with E-state index in [1.807, 2.05) is 0 Å². The van der Waals surface area contributed by atoms with Gasteiger partial charge in [-0.15, -0.1) is 0 Å². The molecule has 1 saturated carbocycles. The van der Waals surface area contributed by atoms with E-state index < -0.39 is 0 Å². The maximum atomic E-state index is 2.56. The lowest BCUT2D eigenvalue weighted by atomic mass is 9.82. The predicted octanol–water partition coefficient (Wildman–Crippen LogP) is 5.84. The first-order valence-corrected chi connectivity index (χ1v) is 8.40. The van der Waals surface area contributed by atoms with Crippen LogP contribution in [0.2, 0.25) is 0 Å². The van der Waals surface area contributed by atoms with Crippen LogP contribution in [0.25, 0.3) is 6.08 Å². The molecule has 3 atom stereocenters. The van der Waals surface area contributed by atoms with Gasteiger partial charge in [-0.1, -0.05) is 84.5 Å². The van der Waals surface area contributed by atoms with Gasteiger partial charge in [-0.3, -0.25) is 0 Å². The minimum absolute atomic E-state index is 0.557. The highest BCUT2D eigenvalue weighted by molar-refractivity contribution is 5.51. The Kier molecular flexibility index (Phi) is 3.68. The Morgan fingerprint density at radius 1 is 0.864 bits per heavy atom. The highest BCUT2D eigenvalue weighted by Crippen LogP contribution is 2.50. The molecule has 3 unspecified atom stereocenters. The first-order valence-electron chi connectivity index (χ1n) is 8.40. The van der Waals surface area contributed by atoms with Crippen LogP contribution >= 0.6 is 0 Å². The van der Waals surface area contributed by atoms with Crippen molar-refractivity contribution in [1.82, 2.24) is 0 Å². The zero-order valence-corrected chi connectivity index (χ0v) is 12.9. The van der Waals surface area contributed by atoms with Crippen LogP contribution in [-0.2, 0) is 0 Å². The molecule has 0 saturated heterocycles. The van der Waals surface area contributed by atoms with E-state index in [1.165, 1.54) is 30.4 Å². The molecule has 2 aliphatic carbocycles. The molecular formula is C22H22. The average molecular weight is 286 g/mol. The predicted molar refractivity (Wildman–Crippen MR) is 93.6 cm³/mol. The maximum Gasteiger partial charge on any atom is 0.00894 e. The van der Waals surface area contributed by atoms with Gasteiger partial charge in [0.2, 0.25) is 0 Å². The van der Waals surface area contributed by atoms with Gasteiger partial charge in [-0.05, 0) is 42.2 Å². The van der Waals surface area contributed by atoms with Crippen molar-refractivity contribution in [2.75, 3.05) is 0 Å². The number of hydrogen-bond donors (Lipinski definition) is 0. The van der Waals surface area contributed by atoms with E-state index in [-0.39, 0.29) is 0 Å². The van der Waals surface area contributed by atoms with E-state index in [9.17, 15) is 0 Å². The highest BCUT2D eigenvalue weighted by Gasteiger charge is 2.38. The minimum atomic E-state index is 0.557. The van der Waals surface area contributed by atoms with Crippen LogP contribution in [0.15, 0.2) is 78.4 Å². The van der Waals surface area contributed by atoms with Crippen LogP contribution in [0.4, 0.5) is 0 Å². The lowest BCUT2D eigenvalue weighted by molar-refractivity contribution is 0.461. The molecule has 2 aliphatic rings. The topological polar surface area (TPSA) is 0 Å². The fourth-order valence-electron chi connectivity index (χ4n) is 4.17. The number of fused-ring (bicyclic) bond motifs is 1. The molecule has 0 heterocycles. The number of benzene rings is 2. The Morgan fingerprint density at radius 3 is 2.36 bits per heavy atom. The quantitative estimate of drug-likeness (QED) is 0.622. The van der Waals surface area contributed by atoms with Crippen LogP contribution in [0.1, 0.15) is 36.3 Å². The molecule has 2 aromatic rings. The van der Waals surface area contributed by atoms with E-state index in [0.717, 1.165) is 5.92 Å². The van der Waals surface area contributed by atoms with Crippen LogP contribution in [0.5, 0.6) is 0 Å². The largest absolute Gasteiger partial charge is 0.0793 e. The molecule has 0 aliphatic heterocycles. The van der Waals surface area contributed by atoms with E-state index >= 15 is 0 Å². The summed E-state index contributed by atoms with van der Waals surface area (Å²) in [5.41, 5.74) is 4.48. The smallest absolute Gasteiger partial charge is 0.00894 e. The molecule has 0 amide bonds. The normalized spacial score (nSPS) is 27.1. The van der Waals surface area contributed by atoms with Gasteiger partial charge in [0.1, 0.15) is 0 Å². The van der Waals surface area contributed by atoms with Crippen molar-refractivity contribution in [3.05, 3.63) is 89.5 Å². The molecule has 0 N–H and O–H groups in total. The maximum absolute atomic E-state index is 2.56. The first-order chi connectivity index (χ1) is 10.9. The lowest BCUT2D eigenvalue weighted by Gasteiger charge is -2.22. The molecule has 0 nitrogen and oxygen atoms in total. The summed E-state index contributed by atoms with van der Waals surface area (Å²) in [4.78, 5) is 0. The number of allylic oxidation sites excluding steroid dienone is 3. The van der Waals surface area contributed by atoms with Crippen molar-refractivity contribution >= 4 is 6.08 Å². The Balaban J connectivity index is 1.65. The van der Waals surface area contributed by atoms with Gasteiger partial charge >= 0.3 is 0 Å². The molecule has 0 spiro atoms. The first kappa shape index (κ1) is 13.6. The summed E-state index contributed by atoms with van der Waals surface area (Å²) in [6.07, 6.45) is 11.4. The fourth-order valence-corrected chi connectivity index (χ4v) is 4.17. The van der Waals surface area contributed by atoms with Crippen LogP contribution in [-0.4, -0.2) is 0 Å². The molecule has 0 heteroatoms. The van der Waals surface area contributed by atoms with Crippen molar-refractivity contribution in [3.63, 3.8) is 0 Å². The second kappa shape index (κ2) is 5.96. The summed E-state index contributed by atoms with van der Waals surface area (Å²) < 4.78 is 0. The molecule has 0 bridgehead atoms. The molecule has 0 aromatic heterocycles. The second-order valence-electron chi connectivity index (χ2n) is 6.52. The van der Waals surface area contributed by atoms with Gasteiger partial charge < -0.3 is 0 Å². The van der Waals surface area contributed by atoms with Crippen molar-refractivity contribution in [2.24, 2.45) is 11.8 Å². The fraction of sp³-hybridized carbons (Fsp3) is 0.273. The van der Waals surface area contributed by atoms with Crippen LogP contribution in [0, 0.1) is 11.8 Å². The lowest BCUT2D eigenvalue weighted by Crippen LogP contribution is -2.12. The third-order valence-corrected chi connectivity index (χ3v) is 5.22. The van der Waals surface area contributed by atoms with E-state index in [0.29, 0.717) is 11.8 Å². The van der Waals surface area contributed by atoms with Gasteiger partial charge in [-0.25, -0.2) is 0 Å². The number of rotatable bonds is 3. The molecule has 22 heavy (non-hydrogen) atoms. The molecule has 2 aromatic carbocycles.